The van der Waals surface area contributed by atoms with Crippen LogP contribution in [0.15, 0.2) is 30.3 Å². The van der Waals surface area contributed by atoms with Crippen molar-refractivity contribution in [1.29, 1.82) is 0 Å². The maximum absolute atomic E-state index is 14.4. The van der Waals surface area contributed by atoms with Gasteiger partial charge in [0.05, 0.1) is 21.5 Å². The van der Waals surface area contributed by atoms with Crippen molar-refractivity contribution in [3.63, 3.8) is 0 Å². The van der Waals surface area contributed by atoms with Crippen molar-refractivity contribution in [1.82, 2.24) is 5.32 Å². The smallest absolute Gasteiger partial charge is 0.261 e. The van der Waals surface area contributed by atoms with Crippen LogP contribution >= 0.6 is 22.9 Å². The molecule has 1 aromatic heterocycles. The fraction of sp³-hybridized carbons (Fsp3) is 0.278. The number of benzene rings is 1. The van der Waals surface area contributed by atoms with Gasteiger partial charge < -0.3 is 26.0 Å². The quantitative estimate of drug-likeness (QED) is 0.631. The first-order chi connectivity index (χ1) is 13.8. The number of amides is 3. The lowest BCUT2D eigenvalue weighted by Crippen LogP contribution is -2.45. The molecule has 154 valence electrons. The number of thiophene rings is 1. The summed E-state index contributed by atoms with van der Waals surface area (Å²) in [5.41, 5.74) is 6.09. The summed E-state index contributed by atoms with van der Waals surface area (Å²) >= 11 is 6.89. The number of carbonyl (C=O) groups excluding carboxylic acids is 3. The van der Waals surface area contributed by atoms with Crippen LogP contribution in [0.5, 0.6) is 0 Å². The van der Waals surface area contributed by atoms with E-state index in [9.17, 15) is 18.8 Å². The number of anilines is 2. The summed E-state index contributed by atoms with van der Waals surface area (Å²) in [6.07, 6.45) is 0. The molecule has 0 radical (unpaired) electrons. The topological polar surface area (TPSA) is 114 Å². The first-order valence-corrected chi connectivity index (χ1v) is 9.82. The summed E-state index contributed by atoms with van der Waals surface area (Å²) in [6.45, 7) is 0.364. The van der Waals surface area contributed by atoms with Gasteiger partial charge in [-0.25, -0.2) is 4.39 Å². The first-order valence-electron chi connectivity index (χ1n) is 8.63. The van der Waals surface area contributed by atoms with Gasteiger partial charge in [0.2, 0.25) is 5.91 Å². The molecule has 0 bridgehead atoms. The zero-order chi connectivity index (χ0) is 21.0. The van der Waals surface area contributed by atoms with E-state index in [2.05, 4.69) is 10.6 Å². The van der Waals surface area contributed by atoms with Crippen LogP contribution in [0.25, 0.3) is 0 Å². The summed E-state index contributed by atoms with van der Waals surface area (Å²) in [5.74, 6) is -1.98. The minimum absolute atomic E-state index is 0.101. The maximum Gasteiger partial charge on any atom is 0.261 e. The van der Waals surface area contributed by atoms with Gasteiger partial charge in [0.15, 0.2) is 0 Å². The highest BCUT2D eigenvalue weighted by molar-refractivity contribution is 7.18. The Kier molecular flexibility index (Phi) is 6.80. The molecule has 3 rings (SSSR count). The average molecular weight is 441 g/mol. The van der Waals surface area contributed by atoms with Gasteiger partial charge in [-0.3, -0.25) is 14.4 Å². The summed E-state index contributed by atoms with van der Waals surface area (Å²) < 4.78 is 19.9. The van der Waals surface area contributed by atoms with Crippen LogP contribution in [-0.4, -0.2) is 50.1 Å². The van der Waals surface area contributed by atoms with Gasteiger partial charge in [-0.05, 0) is 30.3 Å². The summed E-state index contributed by atoms with van der Waals surface area (Å²) in [6, 6.07) is 6.10. The van der Waals surface area contributed by atoms with E-state index < -0.39 is 23.7 Å². The Labute approximate surface area is 174 Å². The largest absolute Gasteiger partial charge is 0.370 e. The van der Waals surface area contributed by atoms with E-state index in [0.717, 1.165) is 17.4 Å². The second-order valence-electron chi connectivity index (χ2n) is 6.17. The van der Waals surface area contributed by atoms with Gasteiger partial charge in [0.25, 0.3) is 11.8 Å². The van der Waals surface area contributed by atoms with Gasteiger partial charge in [-0.2, -0.15) is 0 Å². The lowest BCUT2D eigenvalue weighted by Gasteiger charge is -2.27. The zero-order valence-corrected chi connectivity index (χ0v) is 16.7. The van der Waals surface area contributed by atoms with E-state index in [4.69, 9.17) is 22.1 Å². The summed E-state index contributed by atoms with van der Waals surface area (Å²) in [7, 11) is 0. The monoisotopic (exact) mass is 440 g/mol. The third-order valence-electron chi connectivity index (χ3n) is 4.11. The Hall–Kier alpha value is -2.53. The molecule has 0 saturated carbocycles. The number of ether oxygens (including phenoxy) is 1. The molecule has 1 aliphatic heterocycles. The first kappa shape index (κ1) is 21.2. The molecule has 29 heavy (non-hydrogen) atoms. The Morgan fingerprint density at radius 2 is 2.14 bits per heavy atom. The Morgan fingerprint density at radius 3 is 2.79 bits per heavy atom. The molecular formula is C18H18ClFN4O4S. The van der Waals surface area contributed by atoms with Crippen molar-refractivity contribution < 1.29 is 23.5 Å². The predicted molar refractivity (Wildman–Crippen MR) is 108 cm³/mol. The molecule has 4 N–H and O–H groups in total. The Bertz CT molecular complexity index is 938. The van der Waals surface area contributed by atoms with Crippen molar-refractivity contribution in [2.24, 2.45) is 5.73 Å². The number of carbonyl (C=O) groups is 3. The number of rotatable bonds is 6. The van der Waals surface area contributed by atoms with Crippen LogP contribution in [0.4, 0.5) is 15.8 Å². The fourth-order valence-electron chi connectivity index (χ4n) is 2.63. The van der Waals surface area contributed by atoms with Crippen molar-refractivity contribution in [2.75, 3.05) is 36.5 Å². The molecule has 2 aromatic rings. The highest BCUT2D eigenvalue weighted by Gasteiger charge is 2.23. The van der Waals surface area contributed by atoms with Crippen molar-refractivity contribution in [2.45, 2.75) is 6.04 Å². The third-order valence-corrected chi connectivity index (χ3v) is 5.34. The molecule has 8 nitrogen and oxygen atoms in total. The van der Waals surface area contributed by atoms with Crippen molar-refractivity contribution in [3.8, 4) is 0 Å². The van der Waals surface area contributed by atoms with Crippen molar-refractivity contribution in [3.05, 3.63) is 45.4 Å². The van der Waals surface area contributed by atoms with Gasteiger partial charge in [0.1, 0.15) is 18.5 Å². The van der Waals surface area contributed by atoms with Crippen LogP contribution in [0.1, 0.15) is 9.67 Å². The van der Waals surface area contributed by atoms with Crippen molar-refractivity contribution >= 4 is 52.0 Å². The van der Waals surface area contributed by atoms with E-state index in [1.165, 1.54) is 17.0 Å². The number of nitrogens with one attached hydrogen (secondary N) is 2. The number of hydrogen-bond donors (Lipinski definition) is 3. The zero-order valence-electron chi connectivity index (χ0n) is 15.1. The van der Waals surface area contributed by atoms with Crippen LogP contribution in [0, 0.1) is 5.82 Å². The molecule has 1 aliphatic rings. The number of morpholine rings is 1. The molecule has 0 spiro atoms. The van der Waals surface area contributed by atoms with Gasteiger partial charge in [-0.1, -0.05) is 11.6 Å². The summed E-state index contributed by atoms with van der Waals surface area (Å²) in [4.78, 5) is 37.7. The second kappa shape index (κ2) is 9.31. The molecule has 1 saturated heterocycles. The SMILES string of the molecule is N[C@H](CNC(=O)c1ccc(Cl)s1)C(=O)Nc1ccc(N2CCOCC2=O)c(F)c1. The maximum atomic E-state index is 14.4. The molecule has 1 fully saturated rings. The highest BCUT2D eigenvalue weighted by atomic mass is 35.5. The number of nitrogens with two attached hydrogens (primary N) is 1. The Balaban J connectivity index is 1.56. The van der Waals surface area contributed by atoms with Gasteiger partial charge >= 0.3 is 0 Å². The highest BCUT2D eigenvalue weighted by Crippen LogP contribution is 2.24. The third kappa shape index (κ3) is 5.30. The van der Waals surface area contributed by atoms with E-state index in [0.29, 0.717) is 15.8 Å². The average Bonchev–Trinajstić information content (AvgIpc) is 3.13. The minimum Gasteiger partial charge on any atom is -0.370 e. The van der Waals surface area contributed by atoms with E-state index in [-0.39, 0.29) is 37.0 Å². The summed E-state index contributed by atoms with van der Waals surface area (Å²) in [5, 5.41) is 5.03. The molecule has 1 aromatic carbocycles. The second-order valence-corrected chi connectivity index (χ2v) is 7.89. The van der Waals surface area contributed by atoms with Crippen LogP contribution in [0.3, 0.4) is 0 Å². The van der Waals surface area contributed by atoms with E-state index in [1.807, 2.05) is 0 Å². The molecule has 1 atom stereocenters. The molecule has 0 unspecified atom stereocenters. The fourth-order valence-corrected chi connectivity index (χ4v) is 3.59. The van der Waals surface area contributed by atoms with Gasteiger partial charge in [-0.15, -0.1) is 11.3 Å². The molecule has 2 heterocycles. The lowest BCUT2D eigenvalue weighted by molar-refractivity contribution is -0.125. The van der Waals surface area contributed by atoms with E-state index >= 15 is 0 Å². The Morgan fingerprint density at radius 1 is 1.34 bits per heavy atom. The van der Waals surface area contributed by atoms with Crippen LogP contribution in [0.2, 0.25) is 4.34 Å². The number of halogens is 2. The predicted octanol–water partition coefficient (Wildman–Crippen LogP) is 1.60. The number of hydrogen-bond acceptors (Lipinski definition) is 6. The van der Waals surface area contributed by atoms with Crippen LogP contribution in [-0.2, 0) is 14.3 Å². The lowest BCUT2D eigenvalue weighted by atomic mass is 10.2. The molecule has 3 amide bonds. The molecule has 0 aliphatic carbocycles. The molecular weight excluding hydrogens is 423 g/mol. The standard InChI is InChI=1S/C18H18ClFN4O4S/c19-15-4-3-14(29-15)18(27)22-8-12(21)17(26)23-10-1-2-13(11(20)7-10)24-5-6-28-9-16(24)25/h1-4,7,12H,5-6,8-9,21H2,(H,22,27)(H,23,26)/t12-/m1/s1. The number of nitrogens with zero attached hydrogens (tertiary/aromatic N) is 1. The van der Waals surface area contributed by atoms with E-state index in [1.54, 1.807) is 12.1 Å². The van der Waals surface area contributed by atoms with Crippen LogP contribution < -0.4 is 21.3 Å². The van der Waals surface area contributed by atoms with Gasteiger partial charge in [0, 0.05) is 18.8 Å². The minimum atomic E-state index is -1.04. The normalized spacial score (nSPS) is 15.1. The molecule has 11 heteroatoms.